The Morgan fingerprint density at radius 3 is 2.71 bits per heavy atom. The lowest BCUT2D eigenvalue weighted by Gasteiger charge is -2.41. The minimum atomic E-state index is -1.78. The van der Waals surface area contributed by atoms with Crippen LogP contribution in [0.25, 0.3) is 27.8 Å². The first-order chi connectivity index (χ1) is 16.6. The van der Waals surface area contributed by atoms with Crippen molar-refractivity contribution in [3.05, 3.63) is 47.5 Å². The lowest BCUT2D eigenvalue weighted by Crippen LogP contribution is -2.49. The van der Waals surface area contributed by atoms with Crippen LogP contribution < -0.4 is 4.74 Å². The van der Waals surface area contributed by atoms with E-state index < -0.39 is 22.8 Å². The number of aliphatic hydroxyl groups is 1. The van der Waals surface area contributed by atoms with E-state index >= 15 is 0 Å². The second-order valence-corrected chi connectivity index (χ2v) is 9.84. The van der Waals surface area contributed by atoms with E-state index in [1.54, 1.807) is 25.4 Å². The van der Waals surface area contributed by atoms with Crippen LogP contribution in [0.4, 0.5) is 4.39 Å². The van der Waals surface area contributed by atoms with Crippen LogP contribution in [-0.2, 0) is 14.9 Å². The fourth-order valence-corrected chi connectivity index (χ4v) is 5.26. The fourth-order valence-electron chi connectivity index (χ4n) is 5.26. The number of aromatic nitrogens is 4. The molecule has 0 atom stereocenters. The molecule has 1 saturated carbocycles. The molecule has 0 unspecified atom stereocenters. The summed E-state index contributed by atoms with van der Waals surface area (Å²) < 4.78 is 27.1. The van der Waals surface area contributed by atoms with Gasteiger partial charge in [-0.1, -0.05) is 13.8 Å². The number of nitrogens with zero attached hydrogens (tertiary/aromatic N) is 3. The molecule has 1 aliphatic carbocycles. The van der Waals surface area contributed by atoms with Crippen molar-refractivity contribution in [1.82, 2.24) is 19.7 Å². The molecule has 4 aromatic rings. The average Bonchev–Trinajstić information content (AvgIpc) is 3.37. The molecule has 10 heteroatoms. The van der Waals surface area contributed by atoms with Gasteiger partial charge in [0.25, 0.3) is 0 Å². The van der Waals surface area contributed by atoms with E-state index in [-0.39, 0.29) is 24.5 Å². The van der Waals surface area contributed by atoms with Gasteiger partial charge in [0, 0.05) is 40.9 Å². The van der Waals surface area contributed by atoms with Gasteiger partial charge in [-0.05, 0) is 37.0 Å². The molecule has 1 fully saturated rings. The van der Waals surface area contributed by atoms with Crippen molar-refractivity contribution < 1.29 is 28.9 Å². The quantitative estimate of drug-likeness (QED) is 0.367. The maximum absolute atomic E-state index is 14.3. The van der Waals surface area contributed by atoms with Gasteiger partial charge in [-0.2, -0.15) is 5.10 Å². The number of fused-ring (bicyclic) bond motifs is 2. The second-order valence-electron chi connectivity index (χ2n) is 9.84. The van der Waals surface area contributed by atoms with Gasteiger partial charge in [0.05, 0.1) is 30.9 Å². The van der Waals surface area contributed by atoms with Crippen molar-refractivity contribution in [1.29, 1.82) is 0 Å². The summed E-state index contributed by atoms with van der Waals surface area (Å²) in [6, 6.07) is 6.60. The Kier molecular flexibility index (Phi) is 5.33. The summed E-state index contributed by atoms with van der Waals surface area (Å²) in [7, 11) is 3.03. The fraction of sp³-hybridized carbons (Fsp3) is 0.400. The number of rotatable bonds is 7. The molecular formula is C25H27FN4O5. The van der Waals surface area contributed by atoms with E-state index in [9.17, 15) is 19.4 Å². The molecule has 1 aromatic carbocycles. The summed E-state index contributed by atoms with van der Waals surface area (Å²) in [6.07, 6.45) is 1.80. The normalized spacial score (nSPS) is 20.3. The highest BCUT2D eigenvalue weighted by molar-refractivity contribution is 5.94. The Morgan fingerprint density at radius 2 is 2.06 bits per heavy atom. The molecule has 3 aromatic heterocycles. The van der Waals surface area contributed by atoms with Gasteiger partial charge in [0.2, 0.25) is 0 Å². The Hall–Kier alpha value is -3.50. The van der Waals surface area contributed by atoms with E-state index in [0.29, 0.717) is 23.5 Å². The van der Waals surface area contributed by atoms with Crippen LogP contribution >= 0.6 is 0 Å². The van der Waals surface area contributed by atoms with Crippen LogP contribution in [0.2, 0.25) is 0 Å². The van der Waals surface area contributed by atoms with Gasteiger partial charge in [-0.15, -0.1) is 0 Å². The molecule has 3 N–H and O–H groups in total. The average molecular weight is 483 g/mol. The number of carbonyl (C=O) groups is 1. The number of halogens is 1. The van der Waals surface area contributed by atoms with Crippen LogP contribution in [-0.4, -0.2) is 62.4 Å². The van der Waals surface area contributed by atoms with Crippen LogP contribution in [0.3, 0.4) is 0 Å². The smallest absolute Gasteiger partial charge is 0.335 e. The van der Waals surface area contributed by atoms with Crippen LogP contribution in [0.1, 0.15) is 43.9 Å². The van der Waals surface area contributed by atoms with Gasteiger partial charge in [-0.25, -0.2) is 14.2 Å². The number of hydrogen-bond acceptors (Lipinski definition) is 6. The summed E-state index contributed by atoms with van der Waals surface area (Å²) in [6.45, 7) is 4.42. The predicted molar refractivity (Wildman–Crippen MR) is 127 cm³/mol. The first-order valence-corrected chi connectivity index (χ1v) is 11.3. The van der Waals surface area contributed by atoms with Gasteiger partial charge < -0.3 is 24.3 Å². The number of benzene rings is 1. The third kappa shape index (κ3) is 3.55. The zero-order valence-electron chi connectivity index (χ0n) is 19.9. The number of carboxylic acid groups (broad SMARTS) is 1. The molecule has 3 heterocycles. The number of H-pyrrole nitrogens is 1. The summed E-state index contributed by atoms with van der Waals surface area (Å²) in [4.78, 5) is 16.5. The first-order valence-electron chi connectivity index (χ1n) is 11.3. The molecule has 0 spiro atoms. The van der Waals surface area contributed by atoms with E-state index in [2.05, 4.69) is 10.2 Å². The minimum Gasteiger partial charge on any atom is -0.494 e. The number of ether oxygens (including phenoxy) is 2. The van der Waals surface area contributed by atoms with E-state index in [1.807, 2.05) is 24.5 Å². The second kappa shape index (κ2) is 8.03. The predicted octanol–water partition coefficient (Wildman–Crippen LogP) is 3.67. The van der Waals surface area contributed by atoms with Gasteiger partial charge in [0.1, 0.15) is 0 Å². The summed E-state index contributed by atoms with van der Waals surface area (Å²) in [5, 5.41) is 27.8. The lowest BCUT2D eigenvalue weighted by atomic mass is 9.66. The molecule has 0 aliphatic heterocycles. The largest absolute Gasteiger partial charge is 0.494 e. The standard InChI is InChI=1S/C25H27FN4O5/c1-24(2,12-34-3)21-19(14-9-25(33,10-14)23(31)32)20-17(7-13-11-27-29-22(13)28-20)30(21)15-5-6-16(26)18(8-15)35-4/h5-8,11,14,33H,9-10,12H2,1-4H3,(H,31,32)(H,27,28,29). The maximum Gasteiger partial charge on any atom is 0.335 e. The molecule has 184 valence electrons. The van der Waals surface area contributed by atoms with E-state index in [0.717, 1.165) is 22.2 Å². The molecular weight excluding hydrogens is 455 g/mol. The molecule has 9 nitrogen and oxygen atoms in total. The van der Waals surface area contributed by atoms with Gasteiger partial charge >= 0.3 is 5.97 Å². The highest BCUT2D eigenvalue weighted by Gasteiger charge is 2.52. The summed E-state index contributed by atoms with van der Waals surface area (Å²) in [5.74, 6) is -1.86. The van der Waals surface area contributed by atoms with Crippen LogP contribution in [0.5, 0.6) is 5.75 Å². The highest BCUT2D eigenvalue weighted by atomic mass is 19.1. The lowest BCUT2D eigenvalue weighted by molar-refractivity contribution is -0.169. The SMILES string of the molecule is COCC(C)(C)c1c(C2CC(O)(C(=O)O)C2)c2nc3[nH]ncc3cc2n1-c1ccc(F)c(OC)c1. The summed E-state index contributed by atoms with van der Waals surface area (Å²) >= 11 is 0. The molecule has 1 aliphatic rings. The monoisotopic (exact) mass is 482 g/mol. The minimum absolute atomic E-state index is 0.0624. The zero-order valence-corrected chi connectivity index (χ0v) is 19.9. The number of aliphatic carboxylic acids is 1. The molecule has 5 rings (SSSR count). The number of aromatic amines is 1. The number of methoxy groups -OCH3 is 2. The Labute approximate surface area is 200 Å². The third-order valence-corrected chi connectivity index (χ3v) is 6.89. The summed E-state index contributed by atoms with van der Waals surface area (Å²) in [5.41, 5.74) is 2.05. The van der Waals surface area contributed by atoms with Gasteiger partial charge in [0.15, 0.2) is 22.8 Å². The van der Waals surface area contributed by atoms with Crippen molar-refractivity contribution in [2.24, 2.45) is 0 Å². The van der Waals surface area contributed by atoms with Crippen LogP contribution in [0, 0.1) is 5.82 Å². The zero-order chi connectivity index (χ0) is 25.1. The highest BCUT2D eigenvalue weighted by Crippen LogP contribution is 2.51. The number of carboxylic acids is 1. The van der Waals surface area contributed by atoms with Crippen molar-refractivity contribution >= 4 is 28.0 Å². The van der Waals surface area contributed by atoms with Crippen molar-refractivity contribution in [2.75, 3.05) is 20.8 Å². The molecule has 35 heavy (non-hydrogen) atoms. The van der Waals surface area contributed by atoms with E-state index in [1.165, 1.54) is 13.2 Å². The first kappa shape index (κ1) is 23.3. The number of pyridine rings is 1. The van der Waals surface area contributed by atoms with Gasteiger partial charge in [-0.3, -0.25) is 5.10 Å². The third-order valence-electron chi connectivity index (χ3n) is 6.89. The van der Waals surface area contributed by atoms with Crippen LogP contribution in [0.15, 0.2) is 30.5 Å². The molecule has 0 radical (unpaired) electrons. The van der Waals surface area contributed by atoms with Crippen molar-refractivity contribution in [3.63, 3.8) is 0 Å². The van der Waals surface area contributed by atoms with E-state index in [4.69, 9.17) is 14.5 Å². The van der Waals surface area contributed by atoms with Crippen molar-refractivity contribution in [3.8, 4) is 11.4 Å². The molecule has 0 saturated heterocycles. The Morgan fingerprint density at radius 1 is 1.31 bits per heavy atom. The Balaban J connectivity index is 1.86. The number of nitrogens with one attached hydrogen (secondary N) is 1. The molecule has 0 bridgehead atoms. The molecule has 0 amide bonds. The topological polar surface area (TPSA) is 122 Å². The number of hydrogen-bond donors (Lipinski definition) is 3. The maximum atomic E-state index is 14.3. The van der Waals surface area contributed by atoms with Crippen molar-refractivity contribution in [2.45, 2.75) is 43.6 Å². The Bertz CT molecular complexity index is 1450.